The van der Waals surface area contributed by atoms with E-state index in [-0.39, 0.29) is 38.8 Å². The summed E-state index contributed by atoms with van der Waals surface area (Å²) in [6.45, 7) is 3.65. The summed E-state index contributed by atoms with van der Waals surface area (Å²) in [5.41, 5.74) is 1.45. The molecule has 7 nitrogen and oxygen atoms in total. The Morgan fingerprint density at radius 1 is 1.23 bits per heavy atom. The van der Waals surface area contributed by atoms with Crippen molar-refractivity contribution in [2.24, 2.45) is 0 Å². The van der Waals surface area contributed by atoms with Crippen molar-refractivity contribution < 1.29 is 13.9 Å². The molecule has 3 saturated carbocycles. The fraction of sp³-hybridized carbons (Fsp3) is 0.320. The molecule has 3 aliphatic heterocycles. The lowest BCUT2D eigenvalue weighted by Gasteiger charge is -2.83. The van der Waals surface area contributed by atoms with Gasteiger partial charge in [0.2, 0.25) is 5.91 Å². The highest BCUT2D eigenvalue weighted by Gasteiger charge is 2.78. The number of rotatable bonds is 6. The summed E-state index contributed by atoms with van der Waals surface area (Å²) in [5, 5.41) is 7.29. The van der Waals surface area contributed by atoms with Gasteiger partial charge in [-0.05, 0) is 50.0 Å². The number of hydrogen-bond donors (Lipinski definition) is 2. The average molecular weight is 514 g/mol. The number of methoxy groups -OCH3 is 1. The first-order valence-corrected chi connectivity index (χ1v) is 12.0. The first-order chi connectivity index (χ1) is 16.8. The molecule has 2 N–H and O–H groups in total. The van der Waals surface area contributed by atoms with Gasteiger partial charge in [-0.25, -0.2) is 14.4 Å². The van der Waals surface area contributed by atoms with Crippen LogP contribution in [0.1, 0.15) is 25.7 Å². The topological polar surface area (TPSA) is 79.4 Å². The summed E-state index contributed by atoms with van der Waals surface area (Å²) < 4.78 is 20.3. The molecule has 6 aliphatic rings. The summed E-state index contributed by atoms with van der Waals surface area (Å²) in [7, 11) is 1.61. The smallest absolute Gasteiger partial charge is 0.246 e. The van der Waals surface area contributed by atoms with Crippen molar-refractivity contribution in [2.45, 2.75) is 42.8 Å². The van der Waals surface area contributed by atoms with Crippen LogP contribution in [0.15, 0.2) is 43.2 Å². The standard InChI is InChI=1S/C25H22Cl2FN5O2/c1-3-20(34)33-24-8-13(9-25(33,10-24)11-24)31-18-6-14-17(7-19(18)35-2)29-12-30-23(14)32-16-5-4-15(26)21(27)22(16)28/h3-7,12-13,31H,1,8-11H2,2H3,(H,29,30,32). The second kappa shape index (κ2) is 7.70. The molecule has 0 spiro atoms. The van der Waals surface area contributed by atoms with Gasteiger partial charge in [0.15, 0.2) is 5.82 Å². The number of anilines is 3. The molecule has 2 bridgehead atoms. The molecule has 2 aromatic carbocycles. The zero-order valence-electron chi connectivity index (χ0n) is 18.9. The van der Waals surface area contributed by atoms with Gasteiger partial charge in [-0.1, -0.05) is 29.8 Å². The van der Waals surface area contributed by atoms with Crippen LogP contribution >= 0.6 is 23.2 Å². The highest BCUT2D eigenvalue weighted by molar-refractivity contribution is 6.42. The van der Waals surface area contributed by atoms with Crippen LogP contribution in [0.25, 0.3) is 10.9 Å². The second-order valence-corrected chi connectivity index (χ2v) is 10.4. The minimum atomic E-state index is -0.657. The molecule has 4 heterocycles. The van der Waals surface area contributed by atoms with Crippen LogP contribution in [0.4, 0.5) is 21.6 Å². The first-order valence-electron chi connectivity index (χ1n) is 11.3. The lowest BCUT2D eigenvalue weighted by atomic mass is 9.42. The van der Waals surface area contributed by atoms with Gasteiger partial charge in [-0.3, -0.25) is 4.79 Å². The molecule has 1 amide bonds. The summed E-state index contributed by atoms with van der Waals surface area (Å²) in [6, 6.07) is 6.94. The van der Waals surface area contributed by atoms with E-state index in [9.17, 15) is 9.18 Å². The molecular weight excluding hydrogens is 492 g/mol. The summed E-state index contributed by atoms with van der Waals surface area (Å²) in [6.07, 6.45) is 6.65. The van der Waals surface area contributed by atoms with Gasteiger partial charge < -0.3 is 20.3 Å². The van der Waals surface area contributed by atoms with Crippen LogP contribution in [-0.4, -0.2) is 45.0 Å². The molecule has 1 aromatic heterocycles. The van der Waals surface area contributed by atoms with Gasteiger partial charge in [-0.2, -0.15) is 0 Å². The second-order valence-electron chi connectivity index (χ2n) is 9.57. The lowest BCUT2D eigenvalue weighted by molar-refractivity contribution is -0.286. The zero-order valence-corrected chi connectivity index (χ0v) is 20.4. The Bertz CT molecular complexity index is 1390. The average Bonchev–Trinajstić information content (AvgIpc) is 2.83. The highest BCUT2D eigenvalue weighted by atomic mass is 35.5. The van der Waals surface area contributed by atoms with Gasteiger partial charge in [0.05, 0.1) is 45.1 Å². The molecule has 0 radical (unpaired) electrons. The number of nitrogens with one attached hydrogen (secondary N) is 2. The van der Waals surface area contributed by atoms with Gasteiger partial charge in [0, 0.05) is 17.5 Å². The van der Waals surface area contributed by atoms with Crippen LogP contribution in [0.5, 0.6) is 5.75 Å². The molecular formula is C25H22Cl2FN5O2. The molecule has 180 valence electrons. The van der Waals surface area contributed by atoms with E-state index in [1.165, 1.54) is 24.5 Å². The van der Waals surface area contributed by atoms with Crippen LogP contribution in [-0.2, 0) is 4.79 Å². The number of aromatic nitrogens is 2. The number of hydrogen-bond acceptors (Lipinski definition) is 6. The largest absolute Gasteiger partial charge is 0.495 e. The third kappa shape index (κ3) is 3.19. The number of benzene rings is 2. The van der Waals surface area contributed by atoms with E-state index < -0.39 is 5.82 Å². The maximum absolute atomic E-state index is 14.7. The third-order valence-corrected chi connectivity index (χ3v) is 8.30. The maximum atomic E-state index is 14.7. The van der Waals surface area contributed by atoms with Crippen molar-refractivity contribution in [2.75, 3.05) is 17.7 Å². The maximum Gasteiger partial charge on any atom is 0.246 e. The predicted octanol–water partition coefficient (Wildman–Crippen LogP) is 5.70. The molecule has 3 saturated heterocycles. The van der Waals surface area contributed by atoms with Gasteiger partial charge in [-0.15, -0.1) is 0 Å². The van der Waals surface area contributed by atoms with Crippen molar-refractivity contribution in [1.29, 1.82) is 0 Å². The molecule has 35 heavy (non-hydrogen) atoms. The molecule has 3 aliphatic carbocycles. The van der Waals surface area contributed by atoms with Crippen molar-refractivity contribution in [3.8, 4) is 5.75 Å². The van der Waals surface area contributed by atoms with Crippen molar-refractivity contribution in [3.05, 3.63) is 59.1 Å². The Hall–Kier alpha value is -3.10. The zero-order chi connectivity index (χ0) is 24.5. The van der Waals surface area contributed by atoms with E-state index >= 15 is 0 Å². The Balaban J connectivity index is 1.31. The summed E-state index contributed by atoms with van der Waals surface area (Å²) in [5.74, 6) is 0.430. The van der Waals surface area contributed by atoms with Crippen molar-refractivity contribution >= 4 is 57.2 Å². The number of carbonyl (C=O) groups excluding carboxylic acids is 1. The van der Waals surface area contributed by atoms with Crippen LogP contribution in [0.3, 0.4) is 0 Å². The van der Waals surface area contributed by atoms with Gasteiger partial charge >= 0.3 is 0 Å². The fourth-order valence-electron chi connectivity index (χ4n) is 6.37. The normalized spacial score (nSPS) is 25.9. The number of amides is 1. The van der Waals surface area contributed by atoms with E-state index in [0.29, 0.717) is 22.5 Å². The number of fused-ring (bicyclic) bond motifs is 1. The van der Waals surface area contributed by atoms with E-state index in [1.54, 1.807) is 7.11 Å². The minimum Gasteiger partial charge on any atom is -0.495 e. The van der Waals surface area contributed by atoms with Crippen LogP contribution in [0, 0.1) is 5.82 Å². The first kappa shape index (κ1) is 22.4. The van der Waals surface area contributed by atoms with E-state index in [2.05, 4.69) is 27.2 Å². The van der Waals surface area contributed by atoms with Crippen LogP contribution in [0.2, 0.25) is 10.0 Å². The molecule has 0 unspecified atom stereocenters. The Morgan fingerprint density at radius 2 is 1.97 bits per heavy atom. The quantitative estimate of drug-likeness (QED) is 0.325. The monoisotopic (exact) mass is 513 g/mol. The highest BCUT2D eigenvalue weighted by Crippen LogP contribution is 2.71. The van der Waals surface area contributed by atoms with E-state index in [0.717, 1.165) is 31.4 Å². The number of nitrogens with zero attached hydrogens (tertiary/aromatic N) is 3. The summed E-state index contributed by atoms with van der Waals surface area (Å²) in [4.78, 5) is 23.0. The SMILES string of the molecule is C=CC(=O)N1C23CC(Nc4cc5c(Nc6ccc(Cl)c(Cl)c6F)ncnc5cc4OC)CC1(C2)C3. The molecule has 3 aromatic rings. The van der Waals surface area contributed by atoms with Crippen molar-refractivity contribution in [3.63, 3.8) is 0 Å². The molecule has 10 heteroatoms. The number of ether oxygens (including phenoxy) is 1. The fourth-order valence-corrected chi connectivity index (χ4v) is 6.68. The Labute approximate surface area is 211 Å². The van der Waals surface area contributed by atoms with Gasteiger partial charge in [0.1, 0.15) is 17.9 Å². The van der Waals surface area contributed by atoms with E-state index in [1.807, 2.05) is 17.0 Å². The summed E-state index contributed by atoms with van der Waals surface area (Å²) >= 11 is 11.9. The van der Waals surface area contributed by atoms with Crippen molar-refractivity contribution in [1.82, 2.24) is 14.9 Å². The third-order valence-electron chi connectivity index (χ3n) is 7.52. The minimum absolute atomic E-state index is 0.0200. The van der Waals surface area contributed by atoms with Crippen LogP contribution < -0.4 is 15.4 Å². The molecule has 6 fully saturated rings. The number of halogens is 3. The lowest BCUT2D eigenvalue weighted by Crippen LogP contribution is -2.91. The predicted molar refractivity (Wildman–Crippen MR) is 134 cm³/mol. The number of carbonyl (C=O) groups is 1. The number of piperidine rings is 1. The Morgan fingerprint density at radius 3 is 2.66 bits per heavy atom. The van der Waals surface area contributed by atoms with Gasteiger partial charge in [0.25, 0.3) is 0 Å². The van der Waals surface area contributed by atoms with E-state index in [4.69, 9.17) is 27.9 Å². The Kier molecular flexibility index (Phi) is 4.92. The molecule has 9 rings (SSSR count). The molecule has 0 atom stereocenters.